The molecule has 0 bridgehead atoms. The van der Waals surface area contributed by atoms with E-state index in [0.29, 0.717) is 5.78 Å². The number of Topliss-reactive ketones (excluding diaryl/α,β-unsaturated/α-hetero) is 1. The molecule has 0 heterocycles. The van der Waals surface area contributed by atoms with Crippen LogP contribution in [-0.2, 0) is 4.79 Å². The Hall–Kier alpha value is -0.370. The maximum atomic E-state index is 11.6. The van der Waals surface area contributed by atoms with Gasteiger partial charge in [-0.05, 0) is 39.9 Å². The van der Waals surface area contributed by atoms with Gasteiger partial charge in [0.1, 0.15) is 5.78 Å². The molecule has 0 aromatic carbocycles. The molecule has 0 aromatic heterocycles. The lowest BCUT2D eigenvalue weighted by Crippen LogP contribution is -2.13. The first kappa shape index (κ1) is 16.6. The minimum atomic E-state index is 0.472. The second-order valence-electron chi connectivity index (χ2n) is 5.32. The SMILES string of the molecule is CCCCCCCCC(=O)CCCCN(C)C. The molecule has 0 unspecified atom stereocenters. The summed E-state index contributed by atoms with van der Waals surface area (Å²) in [6, 6.07) is 0. The highest BCUT2D eigenvalue weighted by molar-refractivity contribution is 5.78. The third kappa shape index (κ3) is 13.6. The van der Waals surface area contributed by atoms with E-state index in [-0.39, 0.29) is 0 Å². The standard InChI is InChI=1S/C15H31NO/c1-4-5-6-7-8-9-12-15(17)13-10-11-14-16(2)3/h4-14H2,1-3H3. The number of hydrogen-bond donors (Lipinski definition) is 0. The summed E-state index contributed by atoms with van der Waals surface area (Å²) in [5, 5.41) is 0. The first-order valence-corrected chi connectivity index (χ1v) is 7.33. The van der Waals surface area contributed by atoms with Crippen molar-refractivity contribution >= 4 is 5.78 Å². The Morgan fingerprint density at radius 2 is 1.35 bits per heavy atom. The Morgan fingerprint density at radius 1 is 0.824 bits per heavy atom. The van der Waals surface area contributed by atoms with Gasteiger partial charge in [-0.1, -0.05) is 39.0 Å². The molecule has 2 nitrogen and oxygen atoms in total. The molecule has 0 spiro atoms. The molecule has 0 rings (SSSR count). The zero-order valence-electron chi connectivity index (χ0n) is 12.1. The van der Waals surface area contributed by atoms with Crippen LogP contribution in [0, 0.1) is 0 Å². The van der Waals surface area contributed by atoms with E-state index in [1.54, 1.807) is 0 Å². The third-order valence-corrected chi connectivity index (χ3v) is 3.12. The normalized spacial score (nSPS) is 11.1. The molecule has 0 aliphatic carbocycles. The summed E-state index contributed by atoms with van der Waals surface area (Å²) in [4.78, 5) is 13.7. The molecule has 2 heteroatoms. The minimum Gasteiger partial charge on any atom is -0.309 e. The Morgan fingerprint density at radius 3 is 1.94 bits per heavy atom. The van der Waals surface area contributed by atoms with Crippen molar-refractivity contribution in [3.8, 4) is 0 Å². The molecular weight excluding hydrogens is 210 g/mol. The second-order valence-corrected chi connectivity index (χ2v) is 5.32. The van der Waals surface area contributed by atoms with Gasteiger partial charge < -0.3 is 4.90 Å². The van der Waals surface area contributed by atoms with E-state index in [1.165, 1.54) is 32.1 Å². The molecule has 0 fully saturated rings. The average Bonchev–Trinajstić information content (AvgIpc) is 2.29. The van der Waals surface area contributed by atoms with Crippen LogP contribution in [0.15, 0.2) is 0 Å². The summed E-state index contributed by atoms with van der Waals surface area (Å²) in [7, 11) is 4.16. The van der Waals surface area contributed by atoms with Crippen LogP contribution in [0.4, 0.5) is 0 Å². The fourth-order valence-corrected chi connectivity index (χ4v) is 1.98. The Labute approximate surface area is 108 Å². The van der Waals surface area contributed by atoms with Crippen LogP contribution in [-0.4, -0.2) is 31.3 Å². The zero-order valence-corrected chi connectivity index (χ0v) is 12.1. The van der Waals surface area contributed by atoms with E-state index < -0.39 is 0 Å². The number of carbonyl (C=O) groups excluding carboxylic acids is 1. The Bertz CT molecular complexity index is 178. The fourth-order valence-electron chi connectivity index (χ4n) is 1.98. The van der Waals surface area contributed by atoms with Crippen LogP contribution < -0.4 is 0 Å². The molecule has 0 amide bonds. The van der Waals surface area contributed by atoms with Gasteiger partial charge in [0, 0.05) is 12.8 Å². The molecule has 0 radical (unpaired) electrons. The lowest BCUT2D eigenvalue weighted by molar-refractivity contribution is -0.119. The molecule has 0 aromatic rings. The number of rotatable bonds is 12. The van der Waals surface area contributed by atoms with Crippen LogP contribution >= 0.6 is 0 Å². The van der Waals surface area contributed by atoms with Gasteiger partial charge in [-0.25, -0.2) is 0 Å². The van der Waals surface area contributed by atoms with Gasteiger partial charge in [0.15, 0.2) is 0 Å². The van der Waals surface area contributed by atoms with E-state index in [1.807, 2.05) is 0 Å². The van der Waals surface area contributed by atoms with E-state index >= 15 is 0 Å². The van der Waals surface area contributed by atoms with Crippen molar-refractivity contribution in [1.29, 1.82) is 0 Å². The van der Waals surface area contributed by atoms with Crippen LogP contribution in [0.1, 0.15) is 71.1 Å². The van der Waals surface area contributed by atoms with Crippen molar-refractivity contribution in [3.63, 3.8) is 0 Å². The van der Waals surface area contributed by atoms with E-state index in [9.17, 15) is 4.79 Å². The van der Waals surface area contributed by atoms with Crippen molar-refractivity contribution in [1.82, 2.24) is 4.90 Å². The predicted octanol–water partition coefficient (Wildman–Crippen LogP) is 4.04. The van der Waals surface area contributed by atoms with Gasteiger partial charge in [-0.2, -0.15) is 0 Å². The van der Waals surface area contributed by atoms with Gasteiger partial charge in [-0.3, -0.25) is 4.79 Å². The van der Waals surface area contributed by atoms with Gasteiger partial charge in [0.25, 0.3) is 0 Å². The van der Waals surface area contributed by atoms with Gasteiger partial charge in [-0.15, -0.1) is 0 Å². The topological polar surface area (TPSA) is 20.3 Å². The number of nitrogens with zero attached hydrogens (tertiary/aromatic N) is 1. The summed E-state index contributed by atoms with van der Waals surface area (Å²) in [5.74, 6) is 0.472. The molecule has 0 saturated heterocycles. The van der Waals surface area contributed by atoms with E-state index in [4.69, 9.17) is 0 Å². The van der Waals surface area contributed by atoms with Crippen molar-refractivity contribution in [3.05, 3.63) is 0 Å². The summed E-state index contributed by atoms with van der Waals surface area (Å²) < 4.78 is 0. The maximum absolute atomic E-state index is 11.6. The number of unbranched alkanes of at least 4 members (excludes halogenated alkanes) is 6. The summed E-state index contributed by atoms with van der Waals surface area (Å²) in [6.07, 6.45) is 11.5. The number of carbonyl (C=O) groups is 1. The lowest BCUT2D eigenvalue weighted by Gasteiger charge is -2.08. The van der Waals surface area contributed by atoms with Gasteiger partial charge >= 0.3 is 0 Å². The molecule has 0 aliphatic heterocycles. The van der Waals surface area contributed by atoms with Crippen molar-refractivity contribution in [2.75, 3.05) is 20.6 Å². The highest BCUT2D eigenvalue weighted by Gasteiger charge is 2.01. The van der Waals surface area contributed by atoms with Crippen molar-refractivity contribution in [2.24, 2.45) is 0 Å². The first-order valence-electron chi connectivity index (χ1n) is 7.33. The smallest absolute Gasteiger partial charge is 0.132 e. The molecule has 0 N–H and O–H groups in total. The second kappa shape index (κ2) is 12.1. The number of hydrogen-bond acceptors (Lipinski definition) is 2. The largest absolute Gasteiger partial charge is 0.309 e. The Kier molecular flexibility index (Phi) is 11.8. The van der Waals surface area contributed by atoms with Gasteiger partial charge in [0.05, 0.1) is 0 Å². The van der Waals surface area contributed by atoms with Crippen molar-refractivity contribution in [2.45, 2.75) is 71.1 Å². The highest BCUT2D eigenvalue weighted by Crippen LogP contribution is 2.09. The monoisotopic (exact) mass is 241 g/mol. The molecule has 17 heavy (non-hydrogen) atoms. The third-order valence-electron chi connectivity index (χ3n) is 3.12. The molecule has 0 saturated carbocycles. The van der Waals surface area contributed by atoms with E-state index in [2.05, 4.69) is 25.9 Å². The minimum absolute atomic E-state index is 0.472. The first-order chi connectivity index (χ1) is 8.16. The zero-order chi connectivity index (χ0) is 12.9. The predicted molar refractivity (Wildman–Crippen MR) is 75.4 cm³/mol. The fraction of sp³-hybridized carbons (Fsp3) is 0.933. The summed E-state index contributed by atoms with van der Waals surface area (Å²) in [5.41, 5.74) is 0. The van der Waals surface area contributed by atoms with E-state index in [0.717, 1.165) is 38.6 Å². The summed E-state index contributed by atoms with van der Waals surface area (Å²) in [6.45, 7) is 3.33. The van der Waals surface area contributed by atoms with Crippen LogP contribution in [0.3, 0.4) is 0 Å². The van der Waals surface area contributed by atoms with Crippen LogP contribution in [0.5, 0.6) is 0 Å². The quantitative estimate of drug-likeness (QED) is 0.481. The van der Waals surface area contributed by atoms with Crippen molar-refractivity contribution < 1.29 is 4.79 Å². The average molecular weight is 241 g/mol. The van der Waals surface area contributed by atoms with Crippen LogP contribution in [0.2, 0.25) is 0 Å². The maximum Gasteiger partial charge on any atom is 0.132 e. The lowest BCUT2D eigenvalue weighted by atomic mass is 10.0. The molecule has 0 atom stereocenters. The highest BCUT2D eigenvalue weighted by atomic mass is 16.1. The Balaban J connectivity index is 3.18. The molecular formula is C15H31NO. The summed E-state index contributed by atoms with van der Waals surface area (Å²) >= 11 is 0. The van der Waals surface area contributed by atoms with Gasteiger partial charge in [0.2, 0.25) is 0 Å². The molecule has 0 aliphatic rings. The molecule has 102 valence electrons. The number of ketones is 1. The van der Waals surface area contributed by atoms with Crippen LogP contribution in [0.25, 0.3) is 0 Å².